The summed E-state index contributed by atoms with van der Waals surface area (Å²) in [5.74, 6) is -2.09. The lowest BCUT2D eigenvalue weighted by Gasteiger charge is -2.18. The fraction of sp³-hybridized carbons (Fsp3) is 0.333. The highest BCUT2D eigenvalue weighted by Crippen LogP contribution is 2.20. The van der Waals surface area contributed by atoms with E-state index in [1.54, 1.807) is 19.9 Å². The molecule has 6 heteroatoms. The Morgan fingerprint density at radius 1 is 1.33 bits per heavy atom. The molecule has 18 heavy (non-hydrogen) atoms. The molecule has 98 valence electrons. The van der Waals surface area contributed by atoms with Crippen molar-refractivity contribution in [3.05, 3.63) is 27.3 Å². The van der Waals surface area contributed by atoms with Crippen LogP contribution in [0.2, 0.25) is 0 Å². The van der Waals surface area contributed by atoms with Crippen molar-refractivity contribution in [1.29, 1.82) is 0 Å². The van der Waals surface area contributed by atoms with E-state index in [9.17, 15) is 14.7 Å². The van der Waals surface area contributed by atoms with Crippen LogP contribution in [0.25, 0.3) is 0 Å². The molecule has 0 bridgehead atoms. The molecule has 0 saturated heterocycles. The Morgan fingerprint density at radius 3 is 2.44 bits per heavy atom. The lowest BCUT2D eigenvalue weighted by atomic mass is 10.0. The summed E-state index contributed by atoms with van der Waals surface area (Å²) in [5, 5.41) is 21.0. The van der Waals surface area contributed by atoms with Gasteiger partial charge in [-0.3, -0.25) is 4.79 Å². The second-order valence-electron chi connectivity index (χ2n) is 4.19. The third kappa shape index (κ3) is 3.59. The number of carbonyl (C=O) groups is 2. The van der Waals surface area contributed by atoms with Crippen molar-refractivity contribution in [1.82, 2.24) is 5.32 Å². The van der Waals surface area contributed by atoms with Crippen molar-refractivity contribution in [3.63, 3.8) is 0 Å². The lowest BCUT2D eigenvalue weighted by molar-refractivity contribution is -0.140. The molecule has 0 unspecified atom stereocenters. The Labute approximate surface area is 118 Å². The van der Waals surface area contributed by atoms with Crippen molar-refractivity contribution >= 4 is 34.5 Å². The van der Waals surface area contributed by atoms with Crippen LogP contribution in [-0.2, 0) is 4.79 Å². The highest BCUT2D eigenvalue weighted by Gasteiger charge is 2.25. The molecule has 1 amide bonds. The molecule has 0 saturated carbocycles. The molecule has 0 spiro atoms. The van der Waals surface area contributed by atoms with E-state index in [1.165, 1.54) is 12.1 Å². The lowest BCUT2D eigenvalue weighted by Crippen LogP contribution is -2.44. The first-order valence-electron chi connectivity index (χ1n) is 5.35. The zero-order valence-electron chi connectivity index (χ0n) is 9.98. The Balaban J connectivity index is 2.94. The molecular formula is C12H14INO4. The van der Waals surface area contributed by atoms with E-state index in [0.717, 1.165) is 3.57 Å². The van der Waals surface area contributed by atoms with Crippen LogP contribution in [0.3, 0.4) is 0 Å². The van der Waals surface area contributed by atoms with E-state index in [2.05, 4.69) is 5.32 Å². The van der Waals surface area contributed by atoms with Gasteiger partial charge >= 0.3 is 5.97 Å². The van der Waals surface area contributed by atoms with Crippen LogP contribution in [0.4, 0.5) is 0 Å². The molecule has 0 heterocycles. The van der Waals surface area contributed by atoms with E-state index in [0.29, 0.717) is 0 Å². The molecule has 1 aromatic carbocycles. The largest absolute Gasteiger partial charge is 0.507 e. The molecule has 0 radical (unpaired) electrons. The number of carboxylic acids is 1. The van der Waals surface area contributed by atoms with Crippen molar-refractivity contribution in [2.45, 2.75) is 19.9 Å². The Hall–Kier alpha value is -1.31. The Bertz CT molecular complexity index is 473. The van der Waals surface area contributed by atoms with Gasteiger partial charge in [0.25, 0.3) is 5.91 Å². The fourth-order valence-electron chi connectivity index (χ4n) is 1.42. The number of nitrogens with one attached hydrogen (secondary N) is 1. The number of hydrogen-bond acceptors (Lipinski definition) is 3. The zero-order valence-corrected chi connectivity index (χ0v) is 12.1. The smallest absolute Gasteiger partial charge is 0.326 e. The van der Waals surface area contributed by atoms with Crippen LogP contribution in [0, 0.1) is 9.49 Å². The topological polar surface area (TPSA) is 86.6 Å². The number of carbonyl (C=O) groups excluding carboxylic acids is 1. The van der Waals surface area contributed by atoms with E-state index in [-0.39, 0.29) is 17.2 Å². The second kappa shape index (κ2) is 6.03. The Kier molecular flexibility index (Phi) is 4.94. The Morgan fingerprint density at radius 2 is 1.94 bits per heavy atom. The average molecular weight is 363 g/mol. The molecule has 5 nitrogen and oxygen atoms in total. The van der Waals surface area contributed by atoms with Crippen LogP contribution in [-0.4, -0.2) is 28.1 Å². The van der Waals surface area contributed by atoms with E-state index < -0.39 is 17.9 Å². The molecule has 1 atom stereocenters. The number of phenols is 1. The maximum atomic E-state index is 11.9. The van der Waals surface area contributed by atoms with Crippen LogP contribution >= 0.6 is 22.6 Å². The van der Waals surface area contributed by atoms with Gasteiger partial charge in [-0.25, -0.2) is 4.79 Å². The summed E-state index contributed by atoms with van der Waals surface area (Å²) >= 11 is 2.01. The number of benzene rings is 1. The van der Waals surface area contributed by atoms with Gasteiger partial charge < -0.3 is 15.5 Å². The number of aromatic hydroxyl groups is 1. The summed E-state index contributed by atoms with van der Waals surface area (Å²) in [4.78, 5) is 22.9. The molecule has 3 N–H and O–H groups in total. The maximum absolute atomic E-state index is 11.9. The van der Waals surface area contributed by atoms with Crippen molar-refractivity contribution in [2.75, 3.05) is 0 Å². The molecule has 0 aliphatic carbocycles. The maximum Gasteiger partial charge on any atom is 0.326 e. The predicted molar refractivity (Wildman–Crippen MR) is 74.6 cm³/mol. The second-order valence-corrected chi connectivity index (χ2v) is 5.44. The SMILES string of the molecule is CC(C)[C@@H](NC(=O)c1cc(I)ccc1O)C(=O)O. The minimum Gasteiger partial charge on any atom is -0.507 e. The van der Waals surface area contributed by atoms with Gasteiger partial charge in [0.15, 0.2) is 0 Å². The number of hydrogen-bond donors (Lipinski definition) is 3. The number of phenolic OH excluding ortho intramolecular Hbond substituents is 1. The molecule has 1 rings (SSSR count). The molecule has 1 aromatic rings. The molecule has 0 aliphatic rings. The quantitative estimate of drug-likeness (QED) is 0.713. The monoisotopic (exact) mass is 363 g/mol. The standard InChI is InChI=1S/C12H14INO4/c1-6(2)10(12(17)18)14-11(16)8-5-7(13)3-4-9(8)15/h3-6,10,15H,1-2H3,(H,14,16)(H,17,18)/t10-/m1/s1. The first-order chi connectivity index (χ1) is 8.32. The third-order valence-electron chi connectivity index (χ3n) is 2.42. The fourth-order valence-corrected chi connectivity index (χ4v) is 1.91. The van der Waals surface area contributed by atoms with Crippen LogP contribution in [0.15, 0.2) is 18.2 Å². The van der Waals surface area contributed by atoms with Gasteiger partial charge in [0.1, 0.15) is 11.8 Å². The first-order valence-corrected chi connectivity index (χ1v) is 6.43. The summed E-state index contributed by atoms with van der Waals surface area (Å²) in [6.07, 6.45) is 0. The van der Waals surface area contributed by atoms with E-state index >= 15 is 0 Å². The van der Waals surface area contributed by atoms with E-state index in [1.807, 2.05) is 22.6 Å². The normalized spacial score (nSPS) is 12.2. The van der Waals surface area contributed by atoms with Crippen molar-refractivity contribution in [2.24, 2.45) is 5.92 Å². The summed E-state index contributed by atoms with van der Waals surface area (Å²) in [6.45, 7) is 3.40. The number of amides is 1. The molecule has 0 fully saturated rings. The zero-order chi connectivity index (χ0) is 13.9. The van der Waals surface area contributed by atoms with Crippen LogP contribution < -0.4 is 5.32 Å². The van der Waals surface area contributed by atoms with Crippen molar-refractivity contribution < 1.29 is 19.8 Å². The highest BCUT2D eigenvalue weighted by molar-refractivity contribution is 14.1. The molecule has 0 aromatic heterocycles. The summed E-state index contributed by atoms with van der Waals surface area (Å²) in [7, 11) is 0. The van der Waals surface area contributed by atoms with Gasteiger partial charge in [0.05, 0.1) is 5.56 Å². The van der Waals surface area contributed by atoms with Crippen molar-refractivity contribution in [3.8, 4) is 5.75 Å². The number of aliphatic carboxylic acids is 1. The summed E-state index contributed by atoms with van der Waals surface area (Å²) in [5.41, 5.74) is 0.0776. The predicted octanol–water partition coefficient (Wildman–Crippen LogP) is 1.84. The third-order valence-corrected chi connectivity index (χ3v) is 3.09. The van der Waals surface area contributed by atoms with Crippen LogP contribution in [0.1, 0.15) is 24.2 Å². The van der Waals surface area contributed by atoms with Gasteiger partial charge in [-0.15, -0.1) is 0 Å². The summed E-state index contributed by atoms with van der Waals surface area (Å²) in [6, 6.07) is 3.59. The van der Waals surface area contributed by atoms with Gasteiger partial charge in [-0.05, 0) is 46.7 Å². The minimum absolute atomic E-state index is 0.0776. The number of carboxylic acid groups (broad SMARTS) is 1. The van der Waals surface area contributed by atoms with Gasteiger partial charge in [-0.2, -0.15) is 0 Å². The van der Waals surface area contributed by atoms with Gasteiger partial charge in [0, 0.05) is 3.57 Å². The minimum atomic E-state index is -1.09. The molecule has 0 aliphatic heterocycles. The van der Waals surface area contributed by atoms with Gasteiger partial charge in [0.2, 0.25) is 0 Å². The average Bonchev–Trinajstić information content (AvgIpc) is 2.28. The summed E-state index contributed by atoms with van der Waals surface area (Å²) < 4.78 is 0.784. The first kappa shape index (κ1) is 14.7. The number of rotatable bonds is 4. The van der Waals surface area contributed by atoms with Gasteiger partial charge in [-0.1, -0.05) is 13.8 Å². The van der Waals surface area contributed by atoms with Crippen LogP contribution in [0.5, 0.6) is 5.75 Å². The molecular weight excluding hydrogens is 349 g/mol. The highest BCUT2D eigenvalue weighted by atomic mass is 127. The van der Waals surface area contributed by atoms with E-state index in [4.69, 9.17) is 5.11 Å². The number of halogens is 1.